The number of hydrogen-bond donors (Lipinski definition) is 0. The van der Waals surface area contributed by atoms with Gasteiger partial charge < -0.3 is 0 Å². The smallest absolute Gasteiger partial charge is 0.203 e. The van der Waals surface area contributed by atoms with E-state index in [1.807, 2.05) is 49.9 Å². The number of aryl methyl sites for hydroxylation is 1. The van der Waals surface area contributed by atoms with E-state index in [9.17, 15) is 4.79 Å². The molecule has 8 heteroatoms. The molecule has 0 spiro atoms. The molecule has 32 heavy (non-hydrogen) atoms. The summed E-state index contributed by atoms with van der Waals surface area (Å²) in [6.07, 6.45) is 12.0. The lowest BCUT2D eigenvalue weighted by atomic mass is 10.1. The van der Waals surface area contributed by atoms with Gasteiger partial charge in [0.25, 0.3) is 0 Å². The zero-order valence-corrected chi connectivity index (χ0v) is 18.1. The Labute approximate surface area is 186 Å². The van der Waals surface area contributed by atoms with E-state index in [1.165, 1.54) is 12.8 Å². The van der Waals surface area contributed by atoms with Gasteiger partial charge in [-0.2, -0.15) is 10.2 Å². The molecule has 8 nitrogen and oxygen atoms in total. The van der Waals surface area contributed by atoms with Crippen molar-refractivity contribution in [1.82, 2.24) is 34.4 Å². The first kappa shape index (κ1) is 20.3. The van der Waals surface area contributed by atoms with Gasteiger partial charge >= 0.3 is 0 Å². The number of nitrogens with zero attached hydrogens (tertiary/aromatic N) is 7. The third-order valence-corrected chi connectivity index (χ3v) is 5.70. The Kier molecular flexibility index (Phi) is 5.60. The highest BCUT2D eigenvalue weighted by Gasteiger charge is 2.13. The third kappa shape index (κ3) is 4.50. The SMILES string of the molecule is Cn1cc(-n2ccc(=O)c(Cc3cccc(-c4ncc(CN5CCCC5)cn4)c3)n2)cn1. The van der Waals surface area contributed by atoms with Crippen LogP contribution in [0.4, 0.5) is 0 Å². The van der Waals surface area contributed by atoms with E-state index in [-0.39, 0.29) is 5.43 Å². The van der Waals surface area contributed by atoms with Crippen LogP contribution in [0.1, 0.15) is 29.7 Å². The van der Waals surface area contributed by atoms with E-state index in [2.05, 4.69) is 25.1 Å². The number of likely N-dealkylation sites (tertiary alicyclic amines) is 1. The molecule has 4 aromatic rings. The molecule has 0 unspecified atom stereocenters. The summed E-state index contributed by atoms with van der Waals surface area (Å²) in [6, 6.07) is 9.52. The highest BCUT2D eigenvalue weighted by atomic mass is 16.1. The fraction of sp³-hybridized carbons (Fsp3) is 0.292. The number of benzene rings is 1. The minimum absolute atomic E-state index is 0.0851. The van der Waals surface area contributed by atoms with Crippen LogP contribution < -0.4 is 5.43 Å². The Balaban J connectivity index is 1.35. The van der Waals surface area contributed by atoms with Crippen LogP contribution in [0, 0.1) is 0 Å². The van der Waals surface area contributed by atoms with Crippen LogP contribution >= 0.6 is 0 Å². The summed E-state index contributed by atoms with van der Waals surface area (Å²) in [5.74, 6) is 0.686. The van der Waals surface area contributed by atoms with Gasteiger partial charge in [-0.3, -0.25) is 14.4 Å². The summed E-state index contributed by atoms with van der Waals surface area (Å²) in [7, 11) is 1.85. The molecule has 1 aliphatic rings. The van der Waals surface area contributed by atoms with Crippen LogP contribution in [0.15, 0.2) is 66.1 Å². The summed E-state index contributed by atoms with van der Waals surface area (Å²) in [5.41, 5.74) is 4.26. The monoisotopic (exact) mass is 427 g/mol. The van der Waals surface area contributed by atoms with Crippen molar-refractivity contribution >= 4 is 0 Å². The zero-order valence-electron chi connectivity index (χ0n) is 18.1. The second-order valence-electron chi connectivity index (χ2n) is 8.22. The van der Waals surface area contributed by atoms with Crippen molar-refractivity contribution in [2.75, 3.05) is 13.1 Å². The minimum Gasteiger partial charge on any atom is -0.299 e. The van der Waals surface area contributed by atoms with Gasteiger partial charge in [0.15, 0.2) is 5.82 Å². The predicted molar refractivity (Wildman–Crippen MR) is 121 cm³/mol. The van der Waals surface area contributed by atoms with E-state index < -0.39 is 0 Å². The molecule has 0 N–H and O–H groups in total. The molecule has 5 rings (SSSR count). The standard InChI is InChI=1S/C24H25N7O/c1-29-17-21(15-27-29)31-10-7-23(32)22(28-31)12-18-5-4-6-20(11-18)24-25-13-19(14-26-24)16-30-8-2-3-9-30/h4-7,10-11,13-15,17H,2-3,8-9,12,16H2,1H3. The van der Waals surface area contributed by atoms with E-state index in [0.29, 0.717) is 17.9 Å². The largest absolute Gasteiger partial charge is 0.299 e. The normalized spacial score (nSPS) is 14.2. The lowest BCUT2D eigenvalue weighted by Crippen LogP contribution is -2.18. The second kappa shape index (κ2) is 8.84. The fourth-order valence-electron chi connectivity index (χ4n) is 4.04. The molecule has 0 atom stereocenters. The van der Waals surface area contributed by atoms with Crippen molar-refractivity contribution < 1.29 is 0 Å². The van der Waals surface area contributed by atoms with Crippen LogP contribution in [0.3, 0.4) is 0 Å². The maximum atomic E-state index is 12.4. The highest BCUT2D eigenvalue weighted by molar-refractivity contribution is 5.56. The van der Waals surface area contributed by atoms with Gasteiger partial charge in [0, 0.05) is 55.8 Å². The molecule has 1 aliphatic heterocycles. The van der Waals surface area contributed by atoms with Crippen LogP contribution in [-0.2, 0) is 20.0 Å². The van der Waals surface area contributed by atoms with Crippen LogP contribution in [0.2, 0.25) is 0 Å². The van der Waals surface area contributed by atoms with E-state index in [4.69, 9.17) is 0 Å². The highest BCUT2D eigenvalue weighted by Crippen LogP contribution is 2.19. The number of rotatable bonds is 6. The Bertz CT molecular complexity index is 1270. The molecule has 4 heterocycles. The van der Waals surface area contributed by atoms with Crippen molar-refractivity contribution in [3.63, 3.8) is 0 Å². The summed E-state index contributed by atoms with van der Waals surface area (Å²) in [6.45, 7) is 3.21. The van der Waals surface area contributed by atoms with E-state index >= 15 is 0 Å². The van der Waals surface area contributed by atoms with Crippen LogP contribution in [0.5, 0.6) is 0 Å². The topological polar surface area (TPSA) is 81.7 Å². The average Bonchev–Trinajstić information content (AvgIpc) is 3.48. The lowest BCUT2D eigenvalue weighted by molar-refractivity contribution is 0.330. The van der Waals surface area contributed by atoms with Crippen molar-refractivity contribution in [2.45, 2.75) is 25.8 Å². The van der Waals surface area contributed by atoms with Crippen LogP contribution in [0.25, 0.3) is 17.1 Å². The van der Waals surface area contributed by atoms with Crippen molar-refractivity contribution in [2.24, 2.45) is 7.05 Å². The Hall–Kier alpha value is -3.65. The number of aromatic nitrogens is 6. The quantitative estimate of drug-likeness (QED) is 0.471. The lowest BCUT2D eigenvalue weighted by Gasteiger charge is -2.14. The molecular formula is C24H25N7O. The Morgan fingerprint density at radius 1 is 1.00 bits per heavy atom. The molecule has 3 aromatic heterocycles. The third-order valence-electron chi connectivity index (χ3n) is 5.70. The zero-order chi connectivity index (χ0) is 21.9. The first-order valence-corrected chi connectivity index (χ1v) is 10.8. The molecule has 0 aliphatic carbocycles. The molecule has 1 saturated heterocycles. The van der Waals surface area contributed by atoms with Crippen LogP contribution in [-0.4, -0.2) is 47.5 Å². The van der Waals surface area contributed by atoms with E-state index in [1.54, 1.807) is 27.8 Å². The van der Waals surface area contributed by atoms with Gasteiger partial charge in [-0.15, -0.1) is 0 Å². The summed E-state index contributed by atoms with van der Waals surface area (Å²) in [4.78, 5) is 24.0. The van der Waals surface area contributed by atoms with Crippen molar-refractivity contribution in [1.29, 1.82) is 0 Å². The minimum atomic E-state index is -0.0851. The average molecular weight is 428 g/mol. The Morgan fingerprint density at radius 2 is 1.81 bits per heavy atom. The van der Waals surface area contributed by atoms with Crippen molar-refractivity contribution in [3.8, 4) is 17.1 Å². The molecular weight excluding hydrogens is 402 g/mol. The molecule has 162 valence electrons. The first-order valence-electron chi connectivity index (χ1n) is 10.8. The van der Waals surface area contributed by atoms with Gasteiger partial charge in [-0.05, 0) is 37.6 Å². The number of hydrogen-bond acceptors (Lipinski definition) is 6. The van der Waals surface area contributed by atoms with Gasteiger partial charge in [-0.25, -0.2) is 14.6 Å². The van der Waals surface area contributed by atoms with Gasteiger partial charge in [-0.1, -0.05) is 18.2 Å². The molecule has 0 radical (unpaired) electrons. The first-order chi connectivity index (χ1) is 15.6. The summed E-state index contributed by atoms with van der Waals surface area (Å²) >= 11 is 0. The summed E-state index contributed by atoms with van der Waals surface area (Å²) < 4.78 is 3.38. The van der Waals surface area contributed by atoms with Crippen molar-refractivity contribution in [3.05, 3.63) is 88.4 Å². The van der Waals surface area contributed by atoms with Gasteiger partial charge in [0.1, 0.15) is 11.4 Å². The van der Waals surface area contributed by atoms with Gasteiger partial charge in [0.05, 0.1) is 12.4 Å². The molecule has 1 aromatic carbocycles. The molecule has 0 amide bonds. The Morgan fingerprint density at radius 3 is 2.56 bits per heavy atom. The van der Waals surface area contributed by atoms with E-state index in [0.717, 1.165) is 42.0 Å². The second-order valence-corrected chi connectivity index (χ2v) is 8.22. The maximum Gasteiger partial charge on any atom is 0.203 e. The maximum absolute atomic E-state index is 12.4. The van der Waals surface area contributed by atoms with Gasteiger partial charge in [0.2, 0.25) is 5.43 Å². The molecule has 1 fully saturated rings. The molecule has 0 saturated carbocycles. The summed E-state index contributed by atoms with van der Waals surface area (Å²) in [5, 5.41) is 8.70. The molecule has 0 bridgehead atoms. The fourth-order valence-corrected chi connectivity index (χ4v) is 4.04. The predicted octanol–water partition coefficient (Wildman–Crippen LogP) is 2.61.